The van der Waals surface area contributed by atoms with E-state index in [2.05, 4.69) is 6.92 Å². The Labute approximate surface area is 134 Å². The molecule has 5 heteroatoms. The van der Waals surface area contributed by atoms with Gasteiger partial charge < -0.3 is 14.6 Å². The molecule has 0 saturated heterocycles. The van der Waals surface area contributed by atoms with Gasteiger partial charge in [0.1, 0.15) is 23.7 Å². The van der Waals surface area contributed by atoms with Gasteiger partial charge in [-0.25, -0.2) is 0 Å². The maximum atomic E-state index is 10.4. The number of hydrogen-bond acceptors (Lipinski definition) is 3. The molecule has 3 nitrogen and oxygen atoms in total. The molecule has 0 aliphatic heterocycles. The number of aliphatic hydroxyl groups is 1. The van der Waals surface area contributed by atoms with E-state index in [1.165, 1.54) is 0 Å². The maximum Gasteiger partial charge on any atom is 0.124 e. The standard InChI is InChI=1S/C16H15Cl2O3/c1-16(19,11-3-8-14(17)15(18)9-11)10-21-13-6-4-12(20-2)5-7-13/h3-9,19H,1,10H2,2H3/t16-/m1/s1. The molecular formula is C16H15Cl2O3. The van der Waals surface area contributed by atoms with Crippen LogP contribution in [0.2, 0.25) is 10.0 Å². The van der Waals surface area contributed by atoms with Crippen molar-refractivity contribution in [2.24, 2.45) is 0 Å². The smallest absolute Gasteiger partial charge is 0.124 e. The van der Waals surface area contributed by atoms with Gasteiger partial charge in [-0.05, 0) is 48.9 Å². The van der Waals surface area contributed by atoms with E-state index >= 15 is 0 Å². The zero-order chi connectivity index (χ0) is 15.5. The summed E-state index contributed by atoms with van der Waals surface area (Å²) in [6.45, 7) is 3.75. The fourth-order valence-corrected chi connectivity index (χ4v) is 2.04. The summed E-state index contributed by atoms with van der Waals surface area (Å²) < 4.78 is 10.6. The Hall–Kier alpha value is -1.42. The Morgan fingerprint density at radius 1 is 1.05 bits per heavy atom. The second-order valence-electron chi connectivity index (χ2n) is 4.62. The zero-order valence-electron chi connectivity index (χ0n) is 11.5. The van der Waals surface area contributed by atoms with Crippen LogP contribution < -0.4 is 9.47 Å². The maximum absolute atomic E-state index is 10.4. The van der Waals surface area contributed by atoms with Gasteiger partial charge in [0.05, 0.1) is 17.2 Å². The van der Waals surface area contributed by atoms with E-state index in [4.69, 9.17) is 32.7 Å². The monoisotopic (exact) mass is 325 g/mol. The highest BCUT2D eigenvalue weighted by molar-refractivity contribution is 6.42. The van der Waals surface area contributed by atoms with Crippen LogP contribution in [0.25, 0.3) is 0 Å². The number of benzene rings is 2. The first-order valence-corrected chi connectivity index (χ1v) is 6.98. The van der Waals surface area contributed by atoms with Crippen LogP contribution in [-0.2, 0) is 5.60 Å². The molecule has 1 radical (unpaired) electrons. The Bertz CT molecular complexity index is 609. The average Bonchev–Trinajstić information content (AvgIpc) is 2.48. The van der Waals surface area contributed by atoms with E-state index in [1.54, 1.807) is 49.6 Å². The van der Waals surface area contributed by atoms with Crippen LogP contribution in [0.15, 0.2) is 42.5 Å². The van der Waals surface area contributed by atoms with Crippen LogP contribution in [0.1, 0.15) is 5.56 Å². The van der Waals surface area contributed by atoms with Crippen molar-refractivity contribution in [2.45, 2.75) is 5.60 Å². The average molecular weight is 326 g/mol. The lowest BCUT2D eigenvalue weighted by molar-refractivity contribution is 0.0320. The van der Waals surface area contributed by atoms with Gasteiger partial charge in [-0.1, -0.05) is 29.3 Å². The van der Waals surface area contributed by atoms with Crippen molar-refractivity contribution in [3.05, 3.63) is 65.0 Å². The van der Waals surface area contributed by atoms with Crippen molar-refractivity contribution in [1.29, 1.82) is 0 Å². The Morgan fingerprint density at radius 2 is 1.67 bits per heavy atom. The number of ether oxygens (including phenoxy) is 2. The molecule has 0 heterocycles. The van der Waals surface area contributed by atoms with Crippen molar-refractivity contribution < 1.29 is 14.6 Å². The van der Waals surface area contributed by atoms with Gasteiger partial charge in [0.2, 0.25) is 0 Å². The van der Waals surface area contributed by atoms with Gasteiger partial charge in [-0.2, -0.15) is 0 Å². The van der Waals surface area contributed by atoms with Crippen molar-refractivity contribution in [3.63, 3.8) is 0 Å². The van der Waals surface area contributed by atoms with E-state index in [0.717, 1.165) is 5.75 Å². The van der Waals surface area contributed by atoms with Gasteiger partial charge in [-0.3, -0.25) is 0 Å². The van der Waals surface area contributed by atoms with E-state index in [1.807, 2.05) is 0 Å². The fourth-order valence-electron chi connectivity index (χ4n) is 1.74. The molecule has 2 aromatic carbocycles. The lowest BCUT2D eigenvalue weighted by Gasteiger charge is -2.24. The van der Waals surface area contributed by atoms with Crippen LogP contribution in [0.4, 0.5) is 0 Å². The molecule has 0 fully saturated rings. The molecule has 21 heavy (non-hydrogen) atoms. The predicted octanol–water partition coefficient (Wildman–Crippen LogP) is 4.10. The Morgan fingerprint density at radius 3 is 2.24 bits per heavy atom. The molecule has 0 aromatic heterocycles. The van der Waals surface area contributed by atoms with Gasteiger partial charge >= 0.3 is 0 Å². The van der Waals surface area contributed by atoms with Crippen LogP contribution in [0, 0.1) is 6.92 Å². The molecule has 0 unspecified atom stereocenters. The number of halogens is 2. The topological polar surface area (TPSA) is 38.7 Å². The number of rotatable bonds is 5. The summed E-state index contributed by atoms with van der Waals surface area (Å²) in [5.74, 6) is 1.34. The van der Waals surface area contributed by atoms with Crippen LogP contribution in [-0.4, -0.2) is 18.8 Å². The van der Waals surface area contributed by atoms with E-state index < -0.39 is 5.60 Å². The highest BCUT2D eigenvalue weighted by Gasteiger charge is 2.25. The highest BCUT2D eigenvalue weighted by atomic mass is 35.5. The molecule has 0 aliphatic carbocycles. The molecule has 0 spiro atoms. The fraction of sp³-hybridized carbons (Fsp3) is 0.188. The summed E-state index contributed by atoms with van der Waals surface area (Å²) in [6.07, 6.45) is 0. The zero-order valence-corrected chi connectivity index (χ0v) is 13.0. The number of hydrogen-bond donors (Lipinski definition) is 1. The lowest BCUT2D eigenvalue weighted by Crippen LogP contribution is -2.29. The van der Waals surface area contributed by atoms with Crippen LogP contribution >= 0.6 is 23.2 Å². The third-order valence-electron chi connectivity index (χ3n) is 2.99. The van der Waals surface area contributed by atoms with Crippen molar-refractivity contribution in [3.8, 4) is 11.5 Å². The van der Waals surface area contributed by atoms with E-state index in [0.29, 0.717) is 21.4 Å². The van der Waals surface area contributed by atoms with Crippen molar-refractivity contribution >= 4 is 23.2 Å². The third-order valence-corrected chi connectivity index (χ3v) is 3.73. The summed E-state index contributed by atoms with van der Waals surface area (Å²) in [4.78, 5) is 0. The minimum atomic E-state index is -1.42. The molecule has 1 atom stereocenters. The van der Waals surface area contributed by atoms with Crippen LogP contribution in [0.3, 0.4) is 0 Å². The summed E-state index contributed by atoms with van der Waals surface area (Å²) >= 11 is 11.8. The summed E-state index contributed by atoms with van der Waals surface area (Å²) in [6, 6.07) is 11.9. The summed E-state index contributed by atoms with van der Waals surface area (Å²) in [5, 5.41) is 11.2. The van der Waals surface area contributed by atoms with E-state index in [9.17, 15) is 5.11 Å². The SMILES string of the molecule is [CH2][C@@](O)(COc1ccc(OC)cc1)c1ccc(Cl)c(Cl)c1. The van der Waals surface area contributed by atoms with Crippen LogP contribution in [0.5, 0.6) is 11.5 Å². The third kappa shape index (κ3) is 4.03. The number of methoxy groups -OCH3 is 1. The van der Waals surface area contributed by atoms with Gasteiger partial charge in [-0.15, -0.1) is 0 Å². The second-order valence-corrected chi connectivity index (χ2v) is 5.44. The normalized spacial score (nSPS) is 13.6. The predicted molar refractivity (Wildman–Crippen MR) is 84.2 cm³/mol. The largest absolute Gasteiger partial charge is 0.497 e. The van der Waals surface area contributed by atoms with Gasteiger partial charge in [0.25, 0.3) is 0 Å². The Balaban J connectivity index is 2.07. The van der Waals surface area contributed by atoms with Gasteiger partial charge in [0, 0.05) is 0 Å². The first kappa shape index (κ1) is 16.0. The summed E-state index contributed by atoms with van der Waals surface area (Å²) in [5.41, 5.74) is -0.890. The summed E-state index contributed by atoms with van der Waals surface area (Å²) in [7, 11) is 1.59. The molecule has 0 saturated carbocycles. The Kier molecular flexibility index (Phi) is 4.99. The molecule has 0 amide bonds. The minimum Gasteiger partial charge on any atom is -0.497 e. The van der Waals surface area contributed by atoms with Crippen molar-refractivity contribution in [1.82, 2.24) is 0 Å². The molecular weight excluding hydrogens is 311 g/mol. The van der Waals surface area contributed by atoms with Gasteiger partial charge in [0.15, 0.2) is 0 Å². The highest BCUT2D eigenvalue weighted by Crippen LogP contribution is 2.29. The molecule has 0 aliphatic rings. The first-order chi connectivity index (χ1) is 9.92. The molecule has 2 rings (SSSR count). The lowest BCUT2D eigenvalue weighted by atomic mass is 9.97. The quantitative estimate of drug-likeness (QED) is 0.899. The van der Waals surface area contributed by atoms with Crippen molar-refractivity contribution in [2.75, 3.05) is 13.7 Å². The first-order valence-electron chi connectivity index (χ1n) is 6.22. The molecule has 111 valence electrons. The minimum absolute atomic E-state index is 0.0166. The van der Waals surface area contributed by atoms with E-state index in [-0.39, 0.29) is 6.61 Å². The molecule has 1 N–H and O–H groups in total. The second kappa shape index (κ2) is 6.56. The molecule has 0 bridgehead atoms. The molecule has 2 aromatic rings.